The molecule has 1 heterocycles. The van der Waals surface area contributed by atoms with Crippen molar-refractivity contribution < 1.29 is 9.90 Å². The number of rotatable bonds is 8. The predicted octanol–water partition coefficient (Wildman–Crippen LogP) is 3.35. The first-order chi connectivity index (χ1) is 14.1. The van der Waals surface area contributed by atoms with Crippen LogP contribution in [0.2, 0.25) is 0 Å². The summed E-state index contributed by atoms with van der Waals surface area (Å²) in [5, 5.41) is 10.2. The maximum Gasteiger partial charge on any atom is 0.268 e. The lowest BCUT2D eigenvalue weighted by Crippen LogP contribution is -2.48. The highest BCUT2D eigenvalue weighted by Crippen LogP contribution is 2.27. The summed E-state index contributed by atoms with van der Waals surface area (Å²) >= 11 is 0. The van der Waals surface area contributed by atoms with E-state index in [-0.39, 0.29) is 0 Å². The van der Waals surface area contributed by atoms with E-state index < -0.39 is 18.1 Å². The minimum atomic E-state index is -1.22. The number of aromatic nitrogens is 1. The average molecular weight is 395 g/mol. The van der Waals surface area contributed by atoms with Crippen LogP contribution in [0.15, 0.2) is 48.7 Å². The van der Waals surface area contributed by atoms with Crippen molar-refractivity contribution >= 4 is 23.7 Å². The molecule has 1 aliphatic rings. The molecule has 5 N–H and O–H groups in total. The molecule has 1 amide bonds. The van der Waals surface area contributed by atoms with Crippen molar-refractivity contribution in [3.8, 4) is 0 Å². The number of aliphatic hydroxyl groups is 1. The highest BCUT2D eigenvalue weighted by atomic mass is 16.3. The van der Waals surface area contributed by atoms with E-state index in [1.54, 1.807) is 6.20 Å². The number of hydrazine groups is 1. The second-order valence-corrected chi connectivity index (χ2v) is 7.67. The normalized spacial score (nSPS) is 17.0. The highest BCUT2D eigenvalue weighted by Gasteiger charge is 2.26. The molecular weight excluding hydrogens is 364 g/mol. The van der Waals surface area contributed by atoms with Crippen LogP contribution in [0.4, 0.5) is 5.69 Å². The molecule has 1 saturated carbocycles. The van der Waals surface area contributed by atoms with Crippen LogP contribution in [0.3, 0.4) is 0 Å². The fourth-order valence-corrected chi connectivity index (χ4v) is 3.67. The van der Waals surface area contributed by atoms with Gasteiger partial charge in [-0.3, -0.25) is 20.6 Å². The van der Waals surface area contributed by atoms with E-state index in [4.69, 9.17) is 5.73 Å². The summed E-state index contributed by atoms with van der Waals surface area (Å²) in [4.78, 5) is 16.5. The summed E-state index contributed by atoms with van der Waals surface area (Å²) < 4.78 is 0. The lowest BCUT2D eigenvalue weighted by Gasteiger charge is -2.26. The zero-order chi connectivity index (χ0) is 20.5. The molecule has 29 heavy (non-hydrogen) atoms. The molecule has 6 nitrogen and oxygen atoms in total. The van der Waals surface area contributed by atoms with E-state index >= 15 is 0 Å². The third kappa shape index (κ3) is 6.69. The number of nitrogens with two attached hydrogens (primary N) is 1. The molecule has 1 fully saturated rings. The van der Waals surface area contributed by atoms with Gasteiger partial charge < -0.3 is 10.8 Å². The molecule has 1 aromatic carbocycles. The molecule has 0 radical (unpaired) electrons. The number of hydrogen-bond acceptors (Lipinski definition) is 5. The van der Waals surface area contributed by atoms with Gasteiger partial charge in [0.1, 0.15) is 6.10 Å². The summed E-state index contributed by atoms with van der Waals surface area (Å²) in [5.74, 6) is 0.00766. The van der Waals surface area contributed by atoms with Gasteiger partial charge in [-0.05, 0) is 48.2 Å². The van der Waals surface area contributed by atoms with E-state index in [0.29, 0.717) is 12.3 Å². The van der Waals surface area contributed by atoms with Gasteiger partial charge in [-0.2, -0.15) is 0 Å². The van der Waals surface area contributed by atoms with Gasteiger partial charge in [-0.1, -0.05) is 56.4 Å². The monoisotopic (exact) mass is 394 g/mol. The molecule has 1 unspecified atom stereocenters. The van der Waals surface area contributed by atoms with Gasteiger partial charge in [0.15, 0.2) is 0 Å². The topological polar surface area (TPSA) is 100 Å². The van der Waals surface area contributed by atoms with Crippen LogP contribution in [0, 0.1) is 5.92 Å². The summed E-state index contributed by atoms with van der Waals surface area (Å²) in [7, 11) is 0. The van der Waals surface area contributed by atoms with Crippen LogP contribution in [0.5, 0.6) is 0 Å². The van der Waals surface area contributed by atoms with Crippen LogP contribution in [-0.4, -0.2) is 28.1 Å². The quantitative estimate of drug-likeness (QED) is 0.515. The second kappa shape index (κ2) is 10.7. The van der Waals surface area contributed by atoms with Crippen LogP contribution in [-0.2, 0) is 4.79 Å². The van der Waals surface area contributed by atoms with Crippen LogP contribution in [0.25, 0.3) is 12.2 Å². The Hall–Kier alpha value is -2.70. The lowest BCUT2D eigenvalue weighted by molar-refractivity contribution is -0.130. The first-order valence-electron chi connectivity index (χ1n) is 10.3. The molecule has 0 saturated heterocycles. The van der Waals surface area contributed by atoms with Crippen LogP contribution < -0.4 is 16.6 Å². The van der Waals surface area contributed by atoms with Crippen molar-refractivity contribution in [2.24, 2.45) is 11.7 Å². The number of anilines is 1. The first kappa shape index (κ1) is 21.0. The number of carbonyl (C=O) groups is 1. The van der Waals surface area contributed by atoms with Crippen molar-refractivity contribution in [3.05, 3.63) is 59.9 Å². The summed E-state index contributed by atoms with van der Waals surface area (Å²) in [6, 6.07) is 12.8. The van der Waals surface area contributed by atoms with Gasteiger partial charge in [0.2, 0.25) is 0 Å². The number of nitrogens with zero attached hydrogens (tertiary/aromatic N) is 1. The number of aliphatic hydroxyl groups excluding tert-OH is 1. The Kier molecular flexibility index (Phi) is 7.78. The SMILES string of the molecule is N[C@H](CC1CCCCC1)C(O)C(=O)NNc1ccc(/C=C/c2ccccn2)cc1. The fourth-order valence-electron chi connectivity index (χ4n) is 3.67. The largest absolute Gasteiger partial charge is 0.382 e. The third-order valence-corrected chi connectivity index (χ3v) is 5.38. The van der Waals surface area contributed by atoms with Gasteiger partial charge >= 0.3 is 0 Å². The summed E-state index contributed by atoms with van der Waals surface area (Å²) in [6.07, 6.45) is 11.1. The van der Waals surface area contributed by atoms with Gasteiger partial charge in [0, 0.05) is 12.2 Å². The van der Waals surface area contributed by atoms with Gasteiger partial charge in [0.05, 0.1) is 11.4 Å². The zero-order valence-corrected chi connectivity index (χ0v) is 16.6. The number of carbonyl (C=O) groups excluding carboxylic acids is 1. The van der Waals surface area contributed by atoms with E-state index in [9.17, 15) is 9.90 Å². The van der Waals surface area contributed by atoms with Crippen molar-refractivity contribution in [1.82, 2.24) is 10.4 Å². The highest BCUT2D eigenvalue weighted by molar-refractivity contribution is 5.82. The number of benzene rings is 1. The number of amides is 1. The van der Waals surface area contributed by atoms with Gasteiger partial charge in [-0.15, -0.1) is 0 Å². The van der Waals surface area contributed by atoms with Crippen molar-refractivity contribution in [3.63, 3.8) is 0 Å². The van der Waals surface area contributed by atoms with Crippen molar-refractivity contribution in [2.75, 3.05) is 5.43 Å². The maximum absolute atomic E-state index is 12.2. The molecule has 3 rings (SSSR count). The summed E-state index contributed by atoms with van der Waals surface area (Å²) in [5.41, 5.74) is 14.1. The van der Waals surface area contributed by atoms with Crippen molar-refractivity contribution in [2.45, 2.75) is 50.7 Å². The zero-order valence-electron chi connectivity index (χ0n) is 16.6. The molecular formula is C23H30N4O2. The average Bonchev–Trinajstić information content (AvgIpc) is 2.77. The summed E-state index contributed by atoms with van der Waals surface area (Å²) in [6.45, 7) is 0. The molecule has 1 aliphatic carbocycles. The molecule has 0 aliphatic heterocycles. The minimum Gasteiger partial charge on any atom is -0.382 e. The first-order valence-corrected chi connectivity index (χ1v) is 10.3. The second-order valence-electron chi connectivity index (χ2n) is 7.67. The Labute approximate surface area is 172 Å². The molecule has 0 spiro atoms. The molecule has 2 aromatic rings. The Morgan fingerprint density at radius 3 is 2.59 bits per heavy atom. The van der Waals surface area contributed by atoms with E-state index in [0.717, 1.165) is 29.8 Å². The Morgan fingerprint density at radius 1 is 1.14 bits per heavy atom. The minimum absolute atomic E-state index is 0.507. The standard InChI is InChI=1S/C23H30N4O2/c24-21(16-18-6-2-1-3-7-18)22(28)23(29)27-26-20-13-10-17(11-14-20)9-12-19-8-4-5-15-25-19/h4-5,8-15,18,21-22,26,28H,1-3,6-7,16,24H2,(H,27,29)/b12-9+/t21-,22?/m1/s1. The molecule has 6 heteroatoms. The smallest absolute Gasteiger partial charge is 0.268 e. The van der Waals surface area contributed by atoms with Crippen molar-refractivity contribution in [1.29, 1.82) is 0 Å². The van der Waals surface area contributed by atoms with E-state index in [1.165, 1.54) is 19.3 Å². The Balaban J connectivity index is 1.45. The van der Waals surface area contributed by atoms with E-state index in [2.05, 4.69) is 15.8 Å². The molecule has 0 bridgehead atoms. The Bertz CT molecular complexity index is 786. The molecule has 154 valence electrons. The molecule has 2 atom stereocenters. The molecule has 1 aromatic heterocycles. The van der Waals surface area contributed by atoms with Gasteiger partial charge in [0.25, 0.3) is 5.91 Å². The lowest BCUT2D eigenvalue weighted by atomic mass is 9.84. The van der Waals surface area contributed by atoms with Gasteiger partial charge in [-0.25, -0.2) is 0 Å². The van der Waals surface area contributed by atoms with Crippen LogP contribution in [0.1, 0.15) is 49.8 Å². The predicted molar refractivity (Wildman–Crippen MR) is 117 cm³/mol. The number of pyridine rings is 1. The van der Waals surface area contributed by atoms with Crippen LogP contribution >= 0.6 is 0 Å². The fraction of sp³-hybridized carbons (Fsp3) is 0.391. The third-order valence-electron chi connectivity index (χ3n) is 5.38. The van der Waals surface area contributed by atoms with E-state index in [1.807, 2.05) is 54.6 Å². The maximum atomic E-state index is 12.2. The number of hydrogen-bond donors (Lipinski definition) is 4. The Morgan fingerprint density at radius 2 is 1.90 bits per heavy atom. The number of nitrogens with one attached hydrogen (secondary N) is 2.